The molecule has 0 bridgehead atoms. The molecule has 0 spiro atoms. The fourth-order valence-corrected chi connectivity index (χ4v) is 11.8. The molecule has 0 radical (unpaired) electrons. The molecule has 12 rings (SSSR count). The van der Waals surface area contributed by atoms with Crippen LogP contribution in [0, 0.1) is 0 Å². The van der Waals surface area contributed by atoms with Crippen molar-refractivity contribution >= 4 is 75.4 Å². The minimum atomic E-state index is -0.0199. The third kappa shape index (κ3) is 6.85. The summed E-state index contributed by atoms with van der Waals surface area (Å²) in [5, 5.41) is 18.6. The quantitative estimate of drug-likeness (QED) is 0.154. The van der Waals surface area contributed by atoms with E-state index >= 15 is 0 Å². The van der Waals surface area contributed by atoms with E-state index in [1.165, 1.54) is 142 Å². The molecule has 0 aliphatic rings. The van der Waals surface area contributed by atoms with Crippen LogP contribution in [0.3, 0.4) is 0 Å². The van der Waals surface area contributed by atoms with Gasteiger partial charge in [0.2, 0.25) is 0 Å². The maximum Gasteiger partial charge on any atom is -0.00137 e. The lowest BCUT2D eigenvalue weighted by Crippen LogP contribution is -2.16. The van der Waals surface area contributed by atoms with Crippen molar-refractivity contribution in [2.45, 2.75) is 105 Å². The Morgan fingerprint density at radius 1 is 0.200 bits per heavy atom. The summed E-state index contributed by atoms with van der Waals surface area (Å²) < 4.78 is 0. The van der Waals surface area contributed by atoms with Gasteiger partial charge in [-0.15, -0.1) is 0 Å². The first-order valence-corrected chi connectivity index (χ1v) is 25.5. The fraction of sp³-hybridized carbons (Fsp3) is 0.229. The van der Waals surface area contributed by atoms with Gasteiger partial charge in [0.25, 0.3) is 0 Å². The second-order valence-electron chi connectivity index (χ2n) is 24.6. The molecule has 70 heavy (non-hydrogen) atoms. The highest BCUT2D eigenvalue weighted by Gasteiger charge is 2.28. The van der Waals surface area contributed by atoms with E-state index in [0.29, 0.717) is 0 Å². The van der Waals surface area contributed by atoms with Crippen LogP contribution in [0.2, 0.25) is 0 Å². The topological polar surface area (TPSA) is 0 Å². The predicted octanol–water partition coefficient (Wildman–Crippen LogP) is 20.5. The number of benzene rings is 10. The summed E-state index contributed by atoms with van der Waals surface area (Å²) in [7, 11) is 0. The Labute approximate surface area is 414 Å². The Morgan fingerprint density at radius 2 is 0.486 bits per heavy atom. The highest BCUT2D eigenvalue weighted by Crippen LogP contribution is 2.54. The minimum absolute atomic E-state index is 0.0139. The van der Waals surface area contributed by atoms with Crippen LogP contribution in [0.4, 0.5) is 0 Å². The van der Waals surface area contributed by atoms with Crippen molar-refractivity contribution in [1.29, 1.82) is 0 Å². The molecule has 12 aromatic rings. The van der Waals surface area contributed by atoms with Gasteiger partial charge in [-0.3, -0.25) is 0 Å². The van der Waals surface area contributed by atoms with Gasteiger partial charge in [0.1, 0.15) is 0 Å². The van der Waals surface area contributed by atoms with Crippen LogP contribution in [-0.4, -0.2) is 0 Å². The first kappa shape index (κ1) is 44.2. The highest BCUT2D eigenvalue weighted by atomic mass is 14.3. The lowest BCUT2D eigenvalue weighted by molar-refractivity contribution is 0.568. The highest BCUT2D eigenvalue weighted by molar-refractivity contribution is 6.44. The molecule has 0 heteroatoms. The Bertz CT molecular complexity index is 3980. The van der Waals surface area contributed by atoms with Crippen LogP contribution in [0.15, 0.2) is 170 Å². The molecule has 12 aromatic carbocycles. The maximum atomic E-state index is 2.59. The molecule has 0 aliphatic carbocycles. The van der Waals surface area contributed by atoms with E-state index in [0.717, 1.165) is 0 Å². The second-order valence-corrected chi connectivity index (χ2v) is 24.6. The minimum Gasteiger partial charge on any atom is -0.0622 e. The zero-order valence-corrected chi connectivity index (χ0v) is 43.2. The van der Waals surface area contributed by atoms with Gasteiger partial charge in [0.15, 0.2) is 0 Å². The monoisotopic (exact) mass is 905 g/mol. The summed E-state index contributed by atoms with van der Waals surface area (Å²) in [4.78, 5) is 0. The smallest absolute Gasteiger partial charge is 0.00137 e. The first-order chi connectivity index (χ1) is 33.3. The van der Waals surface area contributed by atoms with Crippen LogP contribution in [-0.2, 0) is 21.7 Å². The van der Waals surface area contributed by atoms with Crippen molar-refractivity contribution in [1.82, 2.24) is 0 Å². The van der Waals surface area contributed by atoms with Crippen LogP contribution >= 0.6 is 0 Å². The van der Waals surface area contributed by atoms with Crippen LogP contribution < -0.4 is 0 Å². The summed E-state index contributed by atoms with van der Waals surface area (Å²) >= 11 is 0. The number of fused-ring (bicyclic) bond motifs is 9. The summed E-state index contributed by atoms with van der Waals surface area (Å²) in [5.74, 6) is 0. The molecular weight excluding hydrogens is 841 g/mol. The zero-order valence-electron chi connectivity index (χ0n) is 43.2. The molecule has 0 nitrogen and oxygen atoms in total. The van der Waals surface area contributed by atoms with E-state index in [4.69, 9.17) is 0 Å². The number of hydrogen-bond donors (Lipinski definition) is 0. The van der Waals surface area contributed by atoms with Crippen molar-refractivity contribution in [2.24, 2.45) is 0 Å². The third-order valence-corrected chi connectivity index (χ3v) is 15.7. The van der Waals surface area contributed by atoms with E-state index in [1.54, 1.807) is 0 Å². The Hall–Kier alpha value is -7.02. The van der Waals surface area contributed by atoms with Gasteiger partial charge < -0.3 is 0 Å². The average Bonchev–Trinajstić information content (AvgIpc) is 3.85. The lowest BCUT2D eigenvalue weighted by atomic mass is 9.77. The molecule has 0 saturated heterocycles. The molecule has 0 saturated carbocycles. The summed E-state index contributed by atoms with van der Waals surface area (Å²) in [6.07, 6.45) is 0. The predicted molar refractivity (Wildman–Crippen MR) is 308 cm³/mol. The molecule has 0 atom stereocenters. The Morgan fingerprint density at radius 3 is 0.800 bits per heavy atom. The van der Waals surface area contributed by atoms with Crippen molar-refractivity contribution in [3.05, 3.63) is 192 Å². The van der Waals surface area contributed by atoms with E-state index in [2.05, 4.69) is 253 Å². The van der Waals surface area contributed by atoms with Crippen LogP contribution in [0.1, 0.15) is 105 Å². The summed E-state index contributed by atoms with van der Waals surface area (Å²) in [6.45, 7) is 28.2. The third-order valence-electron chi connectivity index (χ3n) is 15.7. The van der Waals surface area contributed by atoms with Crippen molar-refractivity contribution in [2.75, 3.05) is 0 Å². The molecule has 0 amide bonds. The van der Waals surface area contributed by atoms with Gasteiger partial charge in [-0.1, -0.05) is 241 Å². The molecule has 0 aromatic heterocycles. The van der Waals surface area contributed by atoms with Crippen molar-refractivity contribution < 1.29 is 0 Å². The van der Waals surface area contributed by atoms with Crippen molar-refractivity contribution in [3.8, 4) is 44.5 Å². The van der Waals surface area contributed by atoms with Crippen LogP contribution in [0.5, 0.6) is 0 Å². The molecule has 0 aliphatic heterocycles. The van der Waals surface area contributed by atoms with Gasteiger partial charge >= 0.3 is 0 Å². The zero-order chi connectivity index (χ0) is 48.8. The second kappa shape index (κ2) is 15.2. The molecule has 0 heterocycles. The number of rotatable bonds is 4. The van der Waals surface area contributed by atoms with E-state index in [-0.39, 0.29) is 21.7 Å². The average molecular weight is 905 g/mol. The van der Waals surface area contributed by atoms with Gasteiger partial charge in [0.05, 0.1) is 0 Å². The van der Waals surface area contributed by atoms with Gasteiger partial charge in [-0.25, -0.2) is 0 Å². The van der Waals surface area contributed by atoms with Gasteiger partial charge in [0, 0.05) is 0 Å². The Kier molecular flexibility index (Phi) is 9.62. The lowest BCUT2D eigenvalue weighted by Gasteiger charge is -2.27. The first-order valence-electron chi connectivity index (χ1n) is 25.5. The Balaban J connectivity index is 1.27. The molecule has 0 N–H and O–H groups in total. The molecular formula is C70H64. The molecule has 0 unspecified atom stereocenters. The summed E-state index contributed by atoms with van der Waals surface area (Å²) in [5.41, 5.74) is 15.6. The van der Waals surface area contributed by atoms with Crippen LogP contribution in [0.25, 0.3) is 120 Å². The normalized spacial score (nSPS) is 13.1. The van der Waals surface area contributed by atoms with E-state index < -0.39 is 0 Å². The number of hydrogen-bond acceptors (Lipinski definition) is 0. The van der Waals surface area contributed by atoms with Gasteiger partial charge in [-0.2, -0.15) is 0 Å². The largest absolute Gasteiger partial charge is 0.0622 e. The van der Waals surface area contributed by atoms with E-state index in [1.807, 2.05) is 0 Å². The van der Waals surface area contributed by atoms with Crippen molar-refractivity contribution in [3.63, 3.8) is 0 Å². The fourth-order valence-electron chi connectivity index (χ4n) is 11.8. The van der Waals surface area contributed by atoms with Gasteiger partial charge in [-0.05, 0) is 176 Å². The standard InChI is InChI=1S/C70H64/c1-67(2,3)45-33-43(34-46(37-45)68(4,5)6)51-31-32-52(44-35-47(69(7,8)9)38-48(36-44)70(10,11)12)66-60-40-58-53-25-19-27-55-61(53)59(39-57(58)54-26-20-28-56(62(54)60)64(51)66)65-50(42-23-17-14-18-24-42)30-29-49(63(55)65)41-21-15-13-16-22-41/h13-40H,1-12H3. The maximum absolute atomic E-state index is 2.59. The SMILES string of the molecule is CC(C)(C)c1cc(-c2ccc(-c3cc(C(C)(C)C)cc(C(C)(C)C)c3)c3c4cc5c(cc6c7c(-c8ccccc8)ccc(-c8ccccc8)c7c7cccc5c76)c5cccc(c23)c54)cc(C(C)(C)C)c1. The van der Waals surface area contributed by atoms with E-state index in [9.17, 15) is 0 Å². The summed E-state index contributed by atoms with van der Waals surface area (Å²) in [6, 6.07) is 65.9. The molecule has 344 valence electrons. The molecule has 0 fully saturated rings.